The third-order valence-corrected chi connectivity index (χ3v) is 3.99. The van der Waals surface area contributed by atoms with Crippen LogP contribution < -0.4 is 5.56 Å². The summed E-state index contributed by atoms with van der Waals surface area (Å²) in [4.78, 5) is 22.9. The van der Waals surface area contributed by atoms with Crippen molar-refractivity contribution in [3.63, 3.8) is 0 Å². The van der Waals surface area contributed by atoms with E-state index >= 15 is 0 Å². The molecule has 0 spiro atoms. The van der Waals surface area contributed by atoms with Crippen molar-refractivity contribution >= 4 is 19.2 Å². The van der Waals surface area contributed by atoms with Gasteiger partial charge in [0, 0.05) is 6.66 Å². The normalized spacial score (nSPS) is 23.7. The van der Waals surface area contributed by atoms with Crippen LogP contribution in [0.4, 0.5) is 0 Å². The van der Waals surface area contributed by atoms with E-state index in [1.54, 1.807) is 24.5 Å². The molecule has 1 aliphatic heterocycles. The lowest BCUT2D eigenvalue weighted by molar-refractivity contribution is -0.0145. The summed E-state index contributed by atoms with van der Waals surface area (Å²) in [5.41, 5.74) is 0.577. The van der Waals surface area contributed by atoms with Crippen molar-refractivity contribution in [2.45, 2.75) is 32.1 Å². The summed E-state index contributed by atoms with van der Waals surface area (Å²) >= 11 is 0. The van der Waals surface area contributed by atoms with Gasteiger partial charge in [-0.15, -0.1) is 0 Å². The van der Waals surface area contributed by atoms with E-state index in [4.69, 9.17) is 9.26 Å². The van der Waals surface area contributed by atoms with Gasteiger partial charge in [-0.3, -0.25) is 13.9 Å². The van der Waals surface area contributed by atoms with Gasteiger partial charge >= 0.3 is 0 Å². The van der Waals surface area contributed by atoms with Crippen molar-refractivity contribution in [1.82, 2.24) is 19.5 Å². The molecule has 3 atom stereocenters. The van der Waals surface area contributed by atoms with Gasteiger partial charge in [0.1, 0.15) is 12.1 Å². The highest BCUT2D eigenvalue weighted by Gasteiger charge is 2.28. The summed E-state index contributed by atoms with van der Waals surface area (Å²) in [5.74, 6) is 0.539. The summed E-state index contributed by atoms with van der Waals surface area (Å²) in [6, 6.07) is 0. The molecule has 1 N–H and O–H groups in total. The molecule has 1 unspecified atom stereocenters. The summed E-state index contributed by atoms with van der Waals surface area (Å²) < 4.78 is 23.8. The number of H-pyrrole nitrogens is 1. The Hall–Kier alpha value is -1.50. The second kappa shape index (κ2) is 5.71. The number of nitrogens with zero attached hydrogens (tertiary/aromatic N) is 3. The van der Waals surface area contributed by atoms with Crippen LogP contribution in [0.15, 0.2) is 11.1 Å². The molecule has 0 radical (unpaired) electrons. The number of aryl methyl sites for hydroxylation is 1. The van der Waals surface area contributed by atoms with Crippen molar-refractivity contribution in [1.29, 1.82) is 0 Å². The zero-order chi connectivity index (χ0) is 15.0. The van der Waals surface area contributed by atoms with Gasteiger partial charge < -0.3 is 14.2 Å². The first-order chi connectivity index (χ1) is 10.0. The summed E-state index contributed by atoms with van der Waals surface area (Å²) in [7, 11) is -1.94. The second-order valence-corrected chi connectivity index (χ2v) is 6.34. The highest BCUT2D eigenvalue weighted by molar-refractivity contribution is 7.38. The molecule has 114 valence electrons. The molecule has 9 heteroatoms. The third-order valence-electron chi connectivity index (χ3n) is 3.42. The topological polar surface area (TPSA) is 99.1 Å². The van der Waals surface area contributed by atoms with Gasteiger partial charge in [-0.1, -0.05) is 0 Å². The minimum Gasteiger partial charge on any atom is -0.352 e. The Morgan fingerprint density at radius 1 is 1.57 bits per heavy atom. The standard InChI is InChI=1S/C12H17N4O4P/c1-7-14-11-10(12(17)15-7)13-6-16(11)9-4-3-8(20-9)5-19-21(2)18/h6,8-9,21H,3-5H2,1-2H3,(H,14,15,17)/t8-,9+/m0/s1. The van der Waals surface area contributed by atoms with E-state index in [-0.39, 0.29) is 17.9 Å². The Morgan fingerprint density at radius 3 is 3.14 bits per heavy atom. The van der Waals surface area contributed by atoms with Crippen LogP contribution in [-0.2, 0) is 13.8 Å². The Labute approximate surface area is 121 Å². The van der Waals surface area contributed by atoms with Crippen LogP contribution in [0.2, 0.25) is 0 Å². The number of hydrogen-bond acceptors (Lipinski definition) is 6. The average Bonchev–Trinajstić information content (AvgIpc) is 3.02. The number of rotatable bonds is 4. The smallest absolute Gasteiger partial charge is 0.279 e. The Kier molecular flexibility index (Phi) is 3.93. The predicted octanol–water partition coefficient (Wildman–Crippen LogP) is 1.23. The Balaban J connectivity index is 1.82. The molecule has 3 rings (SSSR count). The Bertz CT molecular complexity index is 740. The van der Waals surface area contributed by atoms with Gasteiger partial charge in [-0.25, -0.2) is 9.97 Å². The van der Waals surface area contributed by atoms with E-state index in [9.17, 15) is 9.36 Å². The van der Waals surface area contributed by atoms with Crippen molar-refractivity contribution in [3.8, 4) is 0 Å². The largest absolute Gasteiger partial charge is 0.352 e. The number of fused-ring (bicyclic) bond motifs is 1. The molecule has 0 aromatic carbocycles. The molecule has 0 saturated carbocycles. The minimum absolute atomic E-state index is 0.0931. The highest BCUT2D eigenvalue weighted by Crippen LogP contribution is 2.31. The number of hydrogen-bond donors (Lipinski definition) is 1. The van der Waals surface area contributed by atoms with E-state index < -0.39 is 8.03 Å². The number of aromatic nitrogens is 4. The van der Waals surface area contributed by atoms with Gasteiger partial charge in [-0.05, 0) is 19.8 Å². The molecule has 8 nitrogen and oxygen atoms in total. The predicted molar refractivity (Wildman–Crippen MR) is 76.9 cm³/mol. The molecule has 2 aromatic rings. The van der Waals surface area contributed by atoms with E-state index in [0.29, 0.717) is 23.6 Å². The minimum atomic E-state index is -1.94. The molecule has 2 aromatic heterocycles. The molecule has 0 amide bonds. The molecule has 1 aliphatic rings. The summed E-state index contributed by atoms with van der Waals surface area (Å²) in [5, 5.41) is 0. The monoisotopic (exact) mass is 312 g/mol. The number of imidazole rings is 1. The fourth-order valence-electron chi connectivity index (χ4n) is 2.47. The molecule has 1 fully saturated rings. The van der Waals surface area contributed by atoms with Gasteiger partial charge in [0.15, 0.2) is 19.2 Å². The fraction of sp³-hybridized carbons (Fsp3) is 0.583. The molecule has 21 heavy (non-hydrogen) atoms. The van der Waals surface area contributed by atoms with E-state index in [2.05, 4.69) is 15.0 Å². The fourth-order valence-corrected chi connectivity index (χ4v) is 2.89. The maximum absolute atomic E-state index is 11.8. The first-order valence-electron chi connectivity index (χ1n) is 6.77. The Morgan fingerprint density at radius 2 is 2.38 bits per heavy atom. The maximum atomic E-state index is 11.8. The zero-order valence-electron chi connectivity index (χ0n) is 11.8. The van der Waals surface area contributed by atoms with Crippen LogP contribution in [0.3, 0.4) is 0 Å². The van der Waals surface area contributed by atoms with E-state index in [0.717, 1.165) is 12.8 Å². The van der Waals surface area contributed by atoms with E-state index in [1.807, 2.05) is 0 Å². The van der Waals surface area contributed by atoms with Crippen LogP contribution in [-0.4, -0.2) is 38.9 Å². The van der Waals surface area contributed by atoms with Gasteiger partial charge in [-0.2, -0.15) is 0 Å². The van der Waals surface area contributed by atoms with Crippen LogP contribution in [0.1, 0.15) is 24.9 Å². The van der Waals surface area contributed by atoms with Crippen molar-refractivity contribution in [2.24, 2.45) is 0 Å². The van der Waals surface area contributed by atoms with E-state index in [1.165, 1.54) is 0 Å². The molecular formula is C12H17N4O4P. The van der Waals surface area contributed by atoms with Crippen LogP contribution >= 0.6 is 8.03 Å². The van der Waals surface area contributed by atoms with Crippen LogP contribution in [0.25, 0.3) is 11.2 Å². The third kappa shape index (κ3) is 2.92. The van der Waals surface area contributed by atoms with Gasteiger partial charge in [0.2, 0.25) is 0 Å². The lowest BCUT2D eigenvalue weighted by Gasteiger charge is -2.15. The van der Waals surface area contributed by atoms with Crippen molar-refractivity contribution in [2.75, 3.05) is 13.3 Å². The zero-order valence-corrected chi connectivity index (χ0v) is 12.8. The van der Waals surface area contributed by atoms with Crippen molar-refractivity contribution < 1.29 is 13.8 Å². The lowest BCUT2D eigenvalue weighted by atomic mass is 10.2. The number of nitrogens with one attached hydrogen (secondary N) is 1. The highest BCUT2D eigenvalue weighted by atomic mass is 31.1. The van der Waals surface area contributed by atoms with Crippen LogP contribution in [0, 0.1) is 6.92 Å². The molecule has 0 bridgehead atoms. The number of aromatic amines is 1. The van der Waals surface area contributed by atoms with Gasteiger partial charge in [0.05, 0.1) is 19.0 Å². The molecular weight excluding hydrogens is 295 g/mol. The lowest BCUT2D eigenvalue weighted by Crippen LogP contribution is -2.16. The SMILES string of the molecule is Cc1nc2c(ncn2[C@H]2CC[C@@H](CO[PH](C)=O)O2)c(=O)[nH]1. The average molecular weight is 312 g/mol. The second-order valence-electron chi connectivity index (χ2n) is 5.07. The quantitative estimate of drug-likeness (QED) is 0.852. The van der Waals surface area contributed by atoms with Crippen LogP contribution in [0.5, 0.6) is 0 Å². The first-order valence-corrected chi connectivity index (χ1v) is 8.58. The van der Waals surface area contributed by atoms with Gasteiger partial charge in [0.25, 0.3) is 5.56 Å². The molecule has 1 saturated heterocycles. The maximum Gasteiger partial charge on any atom is 0.279 e. The summed E-state index contributed by atoms with van der Waals surface area (Å²) in [6.45, 7) is 3.60. The summed E-state index contributed by atoms with van der Waals surface area (Å²) in [6.07, 6.45) is 2.84. The van der Waals surface area contributed by atoms with Crippen molar-refractivity contribution in [3.05, 3.63) is 22.5 Å². The molecule has 0 aliphatic carbocycles. The number of ether oxygens (including phenoxy) is 1. The molecule has 3 heterocycles. The first kappa shape index (κ1) is 14.4.